The van der Waals surface area contributed by atoms with Gasteiger partial charge in [0, 0.05) is 47.4 Å². The van der Waals surface area contributed by atoms with Crippen LogP contribution < -0.4 is 0 Å². The second kappa shape index (κ2) is 15.3. The van der Waals surface area contributed by atoms with Crippen LogP contribution in [0.1, 0.15) is 11.1 Å². The highest BCUT2D eigenvalue weighted by Gasteiger charge is 2.28. The molecule has 0 aliphatic heterocycles. The van der Waals surface area contributed by atoms with E-state index in [1.54, 1.807) is 0 Å². The van der Waals surface area contributed by atoms with Gasteiger partial charge in [0.15, 0.2) is 0 Å². The number of aliphatic hydroxyl groups excluding tert-OH is 4. The largest absolute Gasteiger partial charge is 0.395 e. The average molecular weight is 597 g/mol. The molecular formula is C22H28N8O8S2. The molecule has 2 aromatic carbocycles. The molecule has 0 heterocycles. The Bertz CT molecular complexity index is 1390. The Hall–Kier alpha value is -3.54. The minimum absolute atomic E-state index is 0.0307. The smallest absolute Gasteiger partial charge is 0.243 e. The molecule has 0 aliphatic carbocycles. The van der Waals surface area contributed by atoms with Gasteiger partial charge in [-0.2, -0.15) is 8.61 Å². The van der Waals surface area contributed by atoms with Crippen molar-refractivity contribution < 1.29 is 37.3 Å². The summed E-state index contributed by atoms with van der Waals surface area (Å²) in [5, 5.41) is 44.2. The Morgan fingerprint density at radius 1 is 0.650 bits per heavy atom. The fourth-order valence-corrected chi connectivity index (χ4v) is 6.86. The van der Waals surface area contributed by atoms with Crippen LogP contribution in [0, 0.1) is 0 Å². The first-order chi connectivity index (χ1) is 19.1. The lowest BCUT2D eigenvalue weighted by Crippen LogP contribution is -2.36. The fourth-order valence-electron chi connectivity index (χ4n) is 3.60. The number of hydrogen-bond donors (Lipinski definition) is 4. The molecule has 0 amide bonds. The molecule has 2 aromatic rings. The Morgan fingerprint density at radius 2 is 0.975 bits per heavy atom. The lowest BCUT2D eigenvalue weighted by atomic mass is 10.1. The van der Waals surface area contributed by atoms with Gasteiger partial charge >= 0.3 is 0 Å². The molecule has 40 heavy (non-hydrogen) atoms. The van der Waals surface area contributed by atoms with E-state index in [9.17, 15) is 37.3 Å². The van der Waals surface area contributed by atoms with Gasteiger partial charge in [-0.05, 0) is 34.3 Å². The van der Waals surface area contributed by atoms with E-state index in [0.29, 0.717) is 0 Å². The van der Waals surface area contributed by atoms with E-state index in [1.807, 2.05) is 0 Å². The number of hydrogen-bond acceptors (Lipinski definition) is 10. The van der Waals surface area contributed by atoms with Crippen molar-refractivity contribution in [3.63, 3.8) is 0 Å². The van der Waals surface area contributed by atoms with Crippen molar-refractivity contribution in [1.82, 2.24) is 8.61 Å². The molecule has 216 valence electrons. The van der Waals surface area contributed by atoms with Gasteiger partial charge in [-0.25, -0.2) is 16.8 Å². The molecule has 0 bridgehead atoms. The minimum Gasteiger partial charge on any atom is -0.395 e. The molecule has 0 radical (unpaired) electrons. The zero-order chi connectivity index (χ0) is 29.8. The van der Waals surface area contributed by atoms with Crippen molar-refractivity contribution in [2.24, 2.45) is 10.2 Å². The molecule has 0 spiro atoms. The quantitative estimate of drug-likeness (QED) is 0.0957. The van der Waals surface area contributed by atoms with E-state index in [-0.39, 0.29) is 58.5 Å². The van der Waals surface area contributed by atoms with Gasteiger partial charge in [-0.15, -0.1) is 0 Å². The van der Waals surface area contributed by atoms with Crippen LogP contribution in [0.5, 0.6) is 0 Å². The molecule has 0 saturated heterocycles. The van der Waals surface area contributed by atoms with Crippen molar-refractivity contribution in [1.29, 1.82) is 0 Å². The SMILES string of the molecule is [N-]=[N+]=Nc1ccc(C=Cc2ccc(N=[N+]=[N-])cc2S(=O)(=O)N(CCO)CCO)c(S(=O)(=O)N(CCO)CCO)c1. The highest BCUT2D eigenvalue weighted by Crippen LogP contribution is 2.30. The summed E-state index contributed by atoms with van der Waals surface area (Å²) in [6.07, 6.45) is 2.60. The van der Waals surface area contributed by atoms with Gasteiger partial charge < -0.3 is 20.4 Å². The van der Waals surface area contributed by atoms with Gasteiger partial charge in [-0.3, -0.25) is 0 Å². The Balaban J connectivity index is 2.76. The maximum Gasteiger partial charge on any atom is 0.243 e. The summed E-state index contributed by atoms with van der Waals surface area (Å²) >= 11 is 0. The summed E-state index contributed by atoms with van der Waals surface area (Å²) in [5.41, 5.74) is 17.6. The number of sulfonamides is 2. The Morgan fingerprint density at radius 3 is 1.25 bits per heavy atom. The normalized spacial score (nSPS) is 12.1. The third kappa shape index (κ3) is 8.00. The highest BCUT2D eigenvalue weighted by atomic mass is 32.2. The van der Waals surface area contributed by atoms with Gasteiger partial charge in [-0.1, -0.05) is 46.6 Å². The van der Waals surface area contributed by atoms with Crippen molar-refractivity contribution in [3.05, 3.63) is 68.4 Å². The van der Waals surface area contributed by atoms with E-state index in [1.165, 1.54) is 36.4 Å². The monoisotopic (exact) mass is 596 g/mol. The van der Waals surface area contributed by atoms with Crippen molar-refractivity contribution >= 4 is 43.6 Å². The first kappa shape index (κ1) is 32.7. The van der Waals surface area contributed by atoms with Gasteiger partial charge in [0.05, 0.1) is 36.2 Å². The summed E-state index contributed by atoms with van der Waals surface area (Å²) in [7, 11) is -8.68. The van der Waals surface area contributed by atoms with Gasteiger partial charge in [0.2, 0.25) is 20.0 Å². The number of azide groups is 2. The highest BCUT2D eigenvalue weighted by molar-refractivity contribution is 7.89. The zero-order valence-electron chi connectivity index (χ0n) is 21.1. The van der Waals surface area contributed by atoms with E-state index in [2.05, 4.69) is 20.1 Å². The van der Waals surface area contributed by atoms with Crippen LogP contribution in [0.25, 0.3) is 33.0 Å². The number of rotatable bonds is 16. The van der Waals surface area contributed by atoms with Crippen molar-refractivity contribution in [3.8, 4) is 0 Å². The first-order valence-electron chi connectivity index (χ1n) is 11.6. The zero-order valence-corrected chi connectivity index (χ0v) is 22.7. The van der Waals surface area contributed by atoms with Crippen LogP contribution in [-0.2, 0) is 20.0 Å². The molecule has 0 saturated carbocycles. The molecule has 4 N–H and O–H groups in total. The van der Waals surface area contributed by atoms with Crippen LogP contribution in [0.15, 0.2) is 56.4 Å². The summed E-state index contributed by atoms with van der Waals surface area (Å²) in [5.74, 6) is 0. The molecule has 0 fully saturated rings. The lowest BCUT2D eigenvalue weighted by Gasteiger charge is -2.22. The molecule has 0 atom stereocenters. The number of nitrogens with zero attached hydrogens (tertiary/aromatic N) is 8. The van der Waals surface area contributed by atoms with E-state index in [4.69, 9.17) is 11.1 Å². The second-order valence-electron chi connectivity index (χ2n) is 7.86. The van der Waals surface area contributed by atoms with Crippen molar-refractivity contribution in [2.75, 3.05) is 52.6 Å². The maximum atomic E-state index is 13.4. The first-order valence-corrected chi connectivity index (χ1v) is 14.5. The van der Waals surface area contributed by atoms with E-state index >= 15 is 0 Å². The molecular weight excluding hydrogens is 568 g/mol. The second-order valence-corrected chi connectivity index (χ2v) is 11.7. The molecule has 0 unspecified atom stereocenters. The van der Waals surface area contributed by atoms with Crippen LogP contribution in [0.4, 0.5) is 11.4 Å². The molecule has 18 heteroatoms. The Kier molecular flexibility index (Phi) is 12.5. The summed E-state index contributed by atoms with van der Waals surface area (Å²) in [6, 6.07) is 7.54. The number of aliphatic hydroxyl groups is 4. The van der Waals surface area contributed by atoms with Gasteiger partial charge in [0.25, 0.3) is 0 Å². The van der Waals surface area contributed by atoms with Crippen LogP contribution >= 0.6 is 0 Å². The molecule has 2 rings (SSSR count). The van der Waals surface area contributed by atoms with Crippen LogP contribution in [0.2, 0.25) is 0 Å². The number of benzene rings is 2. The third-order valence-corrected chi connectivity index (χ3v) is 9.30. The van der Waals surface area contributed by atoms with Crippen LogP contribution in [0.3, 0.4) is 0 Å². The van der Waals surface area contributed by atoms with Gasteiger partial charge in [0.1, 0.15) is 0 Å². The maximum absolute atomic E-state index is 13.4. The summed E-state index contributed by atoms with van der Waals surface area (Å²) < 4.78 is 55.3. The third-order valence-electron chi connectivity index (χ3n) is 5.39. The van der Waals surface area contributed by atoms with E-state index in [0.717, 1.165) is 20.7 Å². The molecule has 16 nitrogen and oxygen atoms in total. The predicted octanol–water partition coefficient (Wildman–Crippen LogP) is 1.69. The standard InChI is InChI=1S/C22H28N8O8S2/c23-27-25-19-5-3-17(21(15-19)39(35,36)29(7-11-31)8-12-32)1-2-18-4-6-20(26-28-24)16-22(18)40(37,38)30(9-13-33)10-14-34/h1-6,15-16,31-34H,7-14H2. The fraction of sp³-hybridized carbons (Fsp3) is 0.364. The topological polar surface area (TPSA) is 253 Å². The predicted molar refractivity (Wildman–Crippen MR) is 145 cm³/mol. The molecule has 0 aromatic heterocycles. The summed E-state index contributed by atoms with van der Waals surface area (Å²) in [4.78, 5) is 4.63. The summed E-state index contributed by atoms with van der Waals surface area (Å²) in [6.45, 7) is -3.43. The van der Waals surface area contributed by atoms with Crippen LogP contribution in [-0.4, -0.2) is 98.5 Å². The van der Waals surface area contributed by atoms with E-state index < -0.39 is 46.5 Å². The Labute approximate surface area is 230 Å². The lowest BCUT2D eigenvalue weighted by molar-refractivity contribution is 0.217. The molecule has 0 aliphatic rings. The van der Waals surface area contributed by atoms with Crippen molar-refractivity contribution in [2.45, 2.75) is 9.79 Å². The average Bonchev–Trinajstić information content (AvgIpc) is 2.92. The minimum atomic E-state index is -4.34.